The van der Waals surface area contributed by atoms with Gasteiger partial charge in [-0.3, -0.25) is 4.98 Å². The van der Waals surface area contributed by atoms with Crippen molar-refractivity contribution >= 4 is 23.0 Å². The van der Waals surface area contributed by atoms with Crippen LogP contribution in [-0.2, 0) is 13.1 Å². The molecule has 1 heterocycles. The molecule has 3 aromatic rings. The van der Waals surface area contributed by atoms with Crippen LogP contribution in [0, 0.1) is 0 Å². The number of aromatic nitrogens is 1. The average Bonchev–Trinajstić information content (AvgIpc) is 2.74. The lowest BCUT2D eigenvalue weighted by molar-refractivity contribution is 0.403. The number of nitrogens with one attached hydrogen (secondary N) is 1. The molecule has 0 fully saturated rings. The molecule has 5 nitrogen and oxygen atoms in total. The van der Waals surface area contributed by atoms with E-state index in [1.54, 1.807) is 20.4 Å². The lowest BCUT2D eigenvalue weighted by Crippen LogP contribution is -2.34. The first-order chi connectivity index (χ1) is 13.7. The third-order valence-electron chi connectivity index (χ3n) is 4.22. The van der Waals surface area contributed by atoms with Crippen LogP contribution >= 0.6 is 12.2 Å². The van der Waals surface area contributed by atoms with Gasteiger partial charge in [-0.05, 0) is 54.2 Å². The van der Waals surface area contributed by atoms with Crippen molar-refractivity contribution in [3.63, 3.8) is 0 Å². The Bertz CT molecular complexity index is 901. The highest BCUT2D eigenvalue weighted by Crippen LogP contribution is 2.19. The van der Waals surface area contributed by atoms with E-state index in [2.05, 4.69) is 15.2 Å². The number of hydrogen-bond acceptors (Lipinski definition) is 4. The predicted octanol–water partition coefficient (Wildman–Crippen LogP) is 4.50. The normalized spacial score (nSPS) is 10.2. The van der Waals surface area contributed by atoms with Crippen molar-refractivity contribution in [3.8, 4) is 11.5 Å². The molecule has 0 unspecified atom stereocenters. The van der Waals surface area contributed by atoms with Gasteiger partial charge in [0.05, 0.1) is 26.5 Å². The summed E-state index contributed by atoms with van der Waals surface area (Å²) in [6.45, 7) is 1.25. The maximum atomic E-state index is 5.71. The number of hydrogen-bond donors (Lipinski definition) is 1. The van der Waals surface area contributed by atoms with Crippen LogP contribution in [0.15, 0.2) is 72.9 Å². The molecule has 0 saturated carbocycles. The van der Waals surface area contributed by atoms with Gasteiger partial charge in [0.2, 0.25) is 0 Å². The van der Waals surface area contributed by atoms with E-state index < -0.39 is 0 Å². The number of nitrogens with zero attached hydrogens (tertiary/aromatic N) is 2. The summed E-state index contributed by atoms with van der Waals surface area (Å²) in [5.41, 5.74) is 2.96. The van der Waals surface area contributed by atoms with Crippen molar-refractivity contribution in [1.82, 2.24) is 9.88 Å². The molecule has 1 aromatic heterocycles. The number of methoxy groups -OCH3 is 2. The smallest absolute Gasteiger partial charge is 0.174 e. The summed E-state index contributed by atoms with van der Waals surface area (Å²) in [6.07, 6.45) is 1.79. The molecule has 3 rings (SSSR count). The predicted molar refractivity (Wildman–Crippen MR) is 116 cm³/mol. The van der Waals surface area contributed by atoms with Crippen molar-refractivity contribution in [1.29, 1.82) is 0 Å². The van der Waals surface area contributed by atoms with Crippen molar-refractivity contribution in [2.75, 3.05) is 19.5 Å². The van der Waals surface area contributed by atoms with Crippen molar-refractivity contribution in [3.05, 3.63) is 84.2 Å². The molecule has 0 saturated heterocycles. The summed E-state index contributed by atoms with van der Waals surface area (Å²) in [5.74, 6) is 1.61. The Morgan fingerprint density at radius 1 is 0.929 bits per heavy atom. The van der Waals surface area contributed by atoms with Gasteiger partial charge in [-0.1, -0.05) is 24.3 Å². The molecule has 144 valence electrons. The van der Waals surface area contributed by atoms with E-state index in [0.717, 1.165) is 28.4 Å². The maximum Gasteiger partial charge on any atom is 0.174 e. The van der Waals surface area contributed by atoms with Gasteiger partial charge in [-0.15, -0.1) is 0 Å². The number of benzene rings is 2. The summed E-state index contributed by atoms with van der Waals surface area (Å²) in [4.78, 5) is 6.52. The first-order valence-corrected chi connectivity index (χ1v) is 9.31. The molecule has 0 aliphatic rings. The molecule has 0 bridgehead atoms. The second kappa shape index (κ2) is 9.71. The quantitative estimate of drug-likeness (QED) is 0.597. The highest BCUT2D eigenvalue weighted by atomic mass is 32.1. The molecule has 0 atom stereocenters. The van der Waals surface area contributed by atoms with Crippen LogP contribution in [0.1, 0.15) is 11.3 Å². The Morgan fingerprint density at radius 3 is 2.39 bits per heavy atom. The minimum atomic E-state index is 0.600. The average molecular weight is 394 g/mol. The number of pyridine rings is 1. The molecule has 28 heavy (non-hydrogen) atoms. The Kier molecular flexibility index (Phi) is 6.81. The SMILES string of the molecule is COc1ccc(CN(Cc2ccccn2)C(=S)Nc2cccc(OC)c2)cc1. The number of anilines is 1. The minimum Gasteiger partial charge on any atom is -0.497 e. The fourth-order valence-corrected chi connectivity index (χ4v) is 2.99. The van der Waals surface area contributed by atoms with Crippen LogP contribution in [0.3, 0.4) is 0 Å². The van der Waals surface area contributed by atoms with Gasteiger partial charge < -0.3 is 19.7 Å². The second-order valence-corrected chi connectivity index (χ2v) is 6.57. The fourth-order valence-electron chi connectivity index (χ4n) is 2.74. The van der Waals surface area contributed by atoms with E-state index in [1.807, 2.05) is 66.7 Å². The Hall–Kier alpha value is -3.12. The highest BCUT2D eigenvalue weighted by Gasteiger charge is 2.13. The van der Waals surface area contributed by atoms with Crippen LogP contribution in [0.25, 0.3) is 0 Å². The highest BCUT2D eigenvalue weighted by molar-refractivity contribution is 7.80. The van der Waals surface area contributed by atoms with Crippen LogP contribution in [0.5, 0.6) is 11.5 Å². The standard InChI is InChI=1S/C22H23N3O2S/c1-26-20-11-9-17(10-12-20)15-25(16-19-6-3-4-13-23-19)22(28)24-18-7-5-8-21(14-18)27-2/h3-14H,15-16H2,1-2H3,(H,24,28). The summed E-state index contributed by atoms with van der Waals surface area (Å²) in [5, 5.41) is 3.92. The Balaban J connectivity index is 1.78. The van der Waals surface area contributed by atoms with Crippen molar-refractivity contribution in [2.24, 2.45) is 0 Å². The van der Waals surface area contributed by atoms with Gasteiger partial charge in [-0.2, -0.15) is 0 Å². The number of thiocarbonyl (C=S) groups is 1. The van der Waals surface area contributed by atoms with E-state index >= 15 is 0 Å². The topological polar surface area (TPSA) is 46.6 Å². The molecule has 0 spiro atoms. The minimum absolute atomic E-state index is 0.600. The third-order valence-corrected chi connectivity index (χ3v) is 4.58. The van der Waals surface area contributed by atoms with E-state index in [4.69, 9.17) is 21.7 Å². The lowest BCUT2D eigenvalue weighted by Gasteiger charge is -2.26. The maximum absolute atomic E-state index is 5.71. The van der Waals surface area contributed by atoms with Gasteiger partial charge in [0, 0.05) is 24.5 Å². The number of ether oxygens (including phenoxy) is 2. The molecular formula is C22H23N3O2S. The summed E-state index contributed by atoms with van der Waals surface area (Å²) >= 11 is 5.71. The Labute approximate surface area is 170 Å². The van der Waals surface area contributed by atoms with Crippen LogP contribution in [0.4, 0.5) is 5.69 Å². The molecule has 1 N–H and O–H groups in total. The zero-order valence-corrected chi connectivity index (χ0v) is 16.8. The monoisotopic (exact) mass is 393 g/mol. The van der Waals surface area contributed by atoms with Crippen molar-refractivity contribution < 1.29 is 9.47 Å². The lowest BCUT2D eigenvalue weighted by atomic mass is 10.2. The largest absolute Gasteiger partial charge is 0.497 e. The first-order valence-electron chi connectivity index (χ1n) is 8.91. The van der Waals surface area contributed by atoms with E-state index in [1.165, 1.54) is 0 Å². The van der Waals surface area contributed by atoms with E-state index in [9.17, 15) is 0 Å². The van der Waals surface area contributed by atoms with Gasteiger partial charge in [-0.25, -0.2) is 0 Å². The van der Waals surface area contributed by atoms with Gasteiger partial charge >= 0.3 is 0 Å². The summed E-state index contributed by atoms with van der Waals surface area (Å²) in [6, 6.07) is 21.6. The Morgan fingerprint density at radius 2 is 1.71 bits per heavy atom. The first kappa shape index (κ1) is 19.6. The van der Waals surface area contributed by atoms with E-state index in [-0.39, 0.29) is 0 Å². The molecule has 0 radical (unpaired) electrons. The molecule has 0 amide bonds. The van der Waals surface area contributed by atoms with Crippen molar-refractivity contribution in [2.45, 2.75) is 13.1 Å². The molecule has 0 aliphatic heterocycles. The molecule has 0 aliphatic carbocycles. The fraction of sp³-hybridized carbons (Fsp3) is 0.182. The van der Waals surface area contributed by atoms with Gasteiger partial charge in [0.25, 0.3) is 0 Å². The van der Waals surface area contributed by atoms with Crippen LogP contribution < -0.4 is 14.8 Å². The third kappa shape index (κ3) is 5.44. The van der Waals surface area contributed by atoms with Gasteiger partial charge in [0.15, 0.2) is 5.11 Å². The van der Waals surface area contributed by atoms with Crippen LogP contribution in [-0.4, -0.2) is 29.2 Å². The molecular weight excluding hydrogens is 370 g/mol. The molecule has 2 aromatic carbocycles. The van der Waals surface area contributed by atoms with E-state index in [0.29, 0.717) is 18.2 Å². The summed E-state index contributed by atoms with van der Waals surface area (Å²) < 4.78 is 10.5. The zero-order chi connectivity index (χ0) is 19.8. The zero-order valence-electron chi connectivity index (χ0n) is 16.0. The molecule has 6 heteroatoms. The summed E-state index contributed by atoms with van der Waals surface area (Å²) in [7, 11) is 3.31. The van der Waals surface area contributed by atoms with Crippen LogP contribution in [0.2, 0.25) is 0 Å². The van der Waals surface area contributed by atoms with Gasteiger partial charge in [0.1, 0.15) is 11.5 Å². The second-order valence-electron chi connectivity index (χ2n) is 6.19. The number of rotatable bonds is 7.